The second-order valence-electron chi connectivity index (χ2n) is 4.94. The molecule has 2 amide bonds. The maximum absolute atomic E-state index is 11.7. The summed E-state index contributed by atoms with van der Waals surface area (Å²) >= 11 is 3.12. The van der Waals surface area contributed by atoms with E-state index in [-0.39, 0.29) is 18.2 Å². The third-order valence-electron chi connectivity index (χ3n) is 3.28. The summed E-state index contributed by atoms with van der Waals surface area (Å²) in [5, 5.41) is 5.29. The highest BCUT2D eigenvalue weighted by molar-refractivity contribution is 9.10. The van der Waals surface area contributed by atoms with Gasteiger partial charge >= 0.3 is 0 Å². The molecule has 1 aliphatic heterocycles. The largest absolute Gasteiger partial charge is 0.444 e. The SMILES string of the molecule is O=C(CNC(=O)c1ccc(Br)o1)NCCCN1CCOCC1. The van der Waals surface area contributed by atoms with Crippen LogP contribution in [-0.2, 0) is 9.53 Å². The monoisotopic (exact) mass is 373 g/mol. The summed E-state index contributed by atoms with van der Waals surface area (Å²) < 4.78 is 10.9. The number of rotatable bonds is 7. The molecule has 0 bridgehead atoms. The van der Waals surface area contributed by atoms with Gasteiger partial charge in [0.2, 0.25) is 5.91 Å². The molecule has 2 N–H and O–H groups in total. The Hall–Kier alpha value is -1.38. The Kier molecular flexibility index (Phi) is 6.88. The molecule has 0 saturated carbocycles. The number of nitrogens with one attached hydrogen (secondary N) is 2. The molecule has 22 heavy (non-hydrogen) atoms. The zero-order valence-electron chi connectivity index (χ0n) is 12.3. The van der Waals surface area contributed by atoms with Gasteiger partial charge in [-0.05, 0) is 41.0 Å². The molecule has 1 aliphatic rings. The average Bonchev–Trinajstić information content (AvgIpc) is 2.97. The molecule has 0 aromatic carbocycles. The van der Waals surface area contributed by atoms with Crippen LogP contribution >= 0.6 is 15.9 Å². The lowest BCUT2D eigenvalue weighted by Gasteiger charge is -2.26. The van der Waals surface area contributed by atoms with Crippen molar-refractivity contribution in [3.05, 3.63) is 22.6 Å². The summed E-state index contributed by atoms with van der Waals surface area (Å²) in [6, 6.07) is 3.17. The minimum atomic E-state index is -0.408. The van der Waals surface area contributed by atoms with Crippen molar-refractivity contribution in [1.29, 1.82) is 0 Å². The predicted molar refractivity (Wildman–Crippen MR) is 83.6 cm³/mol. The molecule has 2 rings (SSSR count). The fourth-order valence-electron chi connectivity index (χ4n) is 2.10. The fourth-order valence-corrected chi connectivity index (χ4v) is 2.41. The minimum Gasteiger partial charge on any atom is -0.444 e. The van der Waals surface area contributed by atoms with E-state index in [1.54, 1.807) is 12.1 Å². The highest BCUT2D eigenvalue weighted by Gasteiger charge is 2.12. The summed E-state index contributed by atoms with van der Waals surface area (Å²) in [5.74, 6) is -0.442. The number of carbonyl (C=O) groups excluding carboxylic acids is 2. The van der Waals surface area contributed by atoms with Gasteiger partial charge in [-0.15, -0.1) is 0 Å². The van der Waals surface area contributed by atoms with Gasteiger partial charge in [0.15, 0.2) is 10.4 Å². The van der Waals surface area contributed by atoms with Crippen LogP contribution in [0.15, 0.2) is 21.2 Å². The lowest BCUT2D eigenvalue weighted by atomic mass is 10.3. The first kappa shape index (κ1) is 17.0. The van der Waals surface area contributed by atoms with Crippen LogP contribution in [0.4, 0.5) is 0 Å². The Morgan fingerprint density at radius 2 is 2.00 bits per heavy atom. The van der Waals surface area contributed by atoms with Crippen LogP contribution in [0.1, 0.15) is 17.0 Å². The van der Waals surface area contributed by atoms with Crippen molar-refractivity contribution in [2.24, 2.45) is 0 Å². The van der Waals surface area contributed by atoms with Gasteiger partial charge in [-0.3, -0.25) is 14.5 Å². The van der Waals surface area contributed by atoms with Crippen molar-refractivity contribution < 1.29 is 18.7 Å². The Balaban J connectivity index is 1.55. The minimum absolute atomic E-state index is 0.0608. The zero-order valence-corrected chi connectivity index (χ0v) is 13.9. The Labute approximate surface area is 137 Å². The molecule has 2 heterocycles. The van der Waals surface area contributed by atoms with Crippen LogP contribution in [0.3, 0.4) is 0 Å². The molecule has 0 aliphatic carbocycles. The Morgan fingerprint density at radius 3 is 2.68 bits per heavy atom. The third kappa shape index (κ3) is 5.78. The van der Waals surface area contributed by atoms with Crippen molar-refractivity contribution >= 4 is 27.7 Å². The van der Waals surface area contributed by atoms with Crippen LogP contribution in [0.25, 0.3) is 0 Å². The van der Waals surface area contributed by atoms with E-state index in [0.717, 1.165) is 39.3 Å². The molecular weight excluding hydrogens is 354 g/mol. The topological polar surface area (TPSA) is 83.8 Å². The molecule has 1 aromatic rings. The number of hydrogen-bond donors (Lipinski definition) is 2. The van der Waals surface area contributed by atoms with Gasteiger partial charge in [-0.2, -0.15) is 0 Å². The van der Waals surface area contributed by atoms with E-state index >= 15 is 0 Å². The molecule has 0 atom stereocenters. The molecule has 1 aromatic heterocycles. The van der Waals surface area contributed by atoms with Crippen molar-refractivity contribution in [3.8, 4) is 0 Å². The number of furan rings is 1. The second kappa shape index (κ2) is 8.92. The summed E-state index contributed by atoms with van der Waals surface area (Å²) in [4.78, 5) is 25.6. The first-order chi connectivity index (χ1) is 10.6. The van der Waals surface area contributed by atoms with Crippen LogP contribution in [0.5, 0.6) is 0 Å². The molecule has 8 heteroatoms. The molecule has 1 saturated heterocycles. The van der Waals surface area contributed by atoms with Gasteiger partial charge in [-0.25, -0.2) is 0 Å². The Morgan fingerprint density at radius 1 is 1.23 bits per heavy atom. The standard InChI is InChI=1S/C14H20BrN3O4/c15-12-3-2-11(22-12)14(20)17-10-13(19)16-4-1-5-18-6-8-21-9-7-18/h2-3H,1,4-10H2,(H,16,19)(H,17,20). The summed E-state index contributed by atoms with van der Waals surface area (Å²) in [6.07, 6.45) is 0.880. The van der Waals surface area contributed by atoms with Crippen LogP contribution in [-0.4, -0.2) is 62.7 Å². The van der Waals surface area contributed by atoms with E-state index in [9.17, 15) is 9.59 Å². The van der Waals surface area contributed by atoms with Gasteiger partial charge in [-0.1, -0.05) is 0 Å². The lowest BCUT2D eigenvalue weighted by Crippen LogP contribution is -2.40. The van der Waals surface area contributed by atoms with Crippen LogP contribution < -0.4 is 10.6 Å². The summed E-state index contributed by atoms with van der Waals surface area (Å²) in [7, 11) is 0. The number of ether oxygens (including phenoxy) is 1. The van der Waals surface area contributed by atoms with E-state index in [1.165, 1.54) is 0 Å². The summed E-state index contributed by atoms with van der Waals surface area (Å²) in [5.41, 5.74) is 0. The number of nitrogens with zero attached hydrogens (tertiary/aromatic N) is 1. The average molecular weight is 374 g/mol. The van der Waals surface area contributed by atoms with Crippen molar-refractivity contribution in [2.75, 3.05) is 45.9 Å². The lowest BCUT2D eigenvalue weighted by molar-refractivity contribution is -0.120. The number of amides is 2. The number of carbonyl (C=O) groups is 2. The van der Waals surface area contributed by atoms with Crippen molar-refractivity contribution in [3.63, 3.8) is 0 Å². The smallest absolute Gasteiger partial charge is 0.287 e. The fraction of sp³-hybridized carbons (Fsp3) is 0.571. The van der Waals surface area contributed by atoms with Crippen LogP contribution in [0.2, 0.25) is 0 Å². The highest BCUT2D eigenvalue weighted by Crippen LogP contribution is 2.13. The van der Waals surface area contributed by atoms with E-state index in [0.29, 0.717) is 11.2 Å². The number of morpholine rings is 1. The van der Waals surface area contributed by atoms with E-state index in [2.05, 4.69) is 31.5 Å². The van der Waals surface area contributed by atoms with Gasteiger partial charge in [0.05, 0.1) is 19.8 Å². The van der Waals surface area contributed by atoms with Gasteiger partial charge in [0.25, 0.3) is 5.91 Å². The van der Waals surface area contributed by atoms with Gasteiger partial charge < -0.3 is 19.8 Å². The molecule has 122 valence electrons. The normalized spacial score (nSPS) is 15.5. The first-order valence-electron chi connectivity index (χ1n) is 7.25. The number of hydrogen-bond acceptors (Lipinski definition) is 5. The number of halogens is 1. The maximum Gasteiger partial charge on any atom is 0.287 e. The molecule has 0 unspecified atom stereocenters. The molecule has 0 radical (unpaired) electrons. The molecule has 7 nitrogen and oxygen atoms in total. The van der Waals surface area contributed by atoms with Gasteiger partial charge in [0.1, 0.15) is 0 Å². The zero-order chi connectivity index (χ0) is 15.8. The molecule has 1 fully saturated rings. The van der Waals surface area contributed by atoms with Gasteiger partial charge in [0, 0.05) is 19.6 Å². The summed E-state index contributed by atoms with van der Waals surface area (Å²) in [6.45, 7) is 4.93. The van der Waals surface area contributed by atoms with E-state index < -0.39 is 5.91 Å². The Bertz CT molecular complexity index is 500. The second-order valence-corrected chi connectivity index (χ2v) is 5.73. The van der Waals surface area contributed by atoms with Crippen molar-refractivity contribution in [1.82, 2.24) is 15.5 Å². The van der Waals surface area contributed by atoms with Crippen molar-refractivity contribution in [2.45, 2.75) is 6.42 Å². The van der Waals surface area contributed by atoms with E-state index in [1.807, 2.05) is 0 Å². The third-order valence-corrected chi connectivity index (χ3v) is 3.71. The maximum atomic E-state index is 11.7. The molecular formula is C14H20BrN3O4. The quantitative estimate of drug-likeness (QED) is 0.684. The predicted octanol–water partition coefficient (Wildman–Crippen LogP) is 0.610. The highest BCUT2D eigenvalue weighted by atomic mass is 79.9. The van der Waals surface area contributed by atoms with E-state index in [4.69, 9.17) is 9.15 Å². The van der Waals surface area contributed by atoms with Crippen LogP contribution in [0, 0.1) is 0 Å². The first-order valence-corrected chi connectivity index (χ1v) is 8.05. The molecule has 0 spiro atoms.